The SMILES string of the molecule is Clc1ccc(CCn2cncc2C2CC2)cn1. The fourth-order valence-corrected chi connectivity index (χ4v) is 2.15. The lowest BCUT2D eigenvalue weighted by molar-refractivity contribution is 0.660. The van der Waals surface area contributed by atoms with Crippen molar-refractivity contribution in [2.45, 2.75) is 31.7 Å². The monoisotopic (exact) mass is 247 g/mol. The fraction of sp³-hybridized carbons (Fsp3) is 0.385. The van der Waals surface area contributed by atoms with Gasteiger partial charge in [0.15, 0.2) is 0 Å². The van der Waals surface area contributed by atoms with Gasteiger partial charge in [-0.05, 0) is 30.9 Å². The van der Waals surface area contributed by atoms with E-state index in [-0.39, 0.29) is 0 Å². The van der Waals surface area contributed by atoms with Gasteiger partial charge in [0, 0.05) is 30.6 Å². The molecule has 2 aromatic rings. The minimum Gasteiger partial charge on any atom is -0.334 e. The molecule has 0 atom stereocenters. The zero-order chi connectivity index (χ0) is 11.7. The molecule has 1 saturated carbocycles. The van der Waals surface area contributed by atoms with E-state index in [2.05, 4.69) is 14.5 Å². The molecular weight excluding hydrogens is 234 g/mol. The summed E-state index contributed by atoms with van der Waals surface area (Å²) < 4.78 is 2.26. The Morgan fingerprint density at radius 2 is 2.18 bits per heavy atom. The van der Waals surface area contributed by atoms with Gasteiger partial charge in [-0.25, -0.2) is 9.97 Å². The maximum Gasteiger partial charge on any atom is 0.129 e. The first-order valence-electron chi connectivity index (χ1n) is 5.93. The van der Waals surface area contributed by atoms with Crippen molar-refractivity contribution in [1.29, 1.82) is 0 Å². The van der Waals surface area contributed by atoms with Crippen LogP contribution >= 0.6 is 11.6 Å². The van der Waals surface area contributed by atoms with Crippen LogP contribution in [0.1, 0.15) is 30.0 Å². The number of pyridine rings is 1. The van der Waals surface area contributed by atoms with Gasteiger partial charge in [0.1, 0.15) is 5.15 Å². The quantitative estimate of drug-likeness (QED) is 0.778. The van der Waals surface area contributed by atoms with Crippen molar-refractivity contribution in [3.8, 4) is 0 Å². The molecular formula is C13H14ClN3. The zero-order valence-corrected chi connectivity index (χ0v) is 10.3. The summed E-state index contributed by atoms with van der Waals surface area (Å²) in [5.74, 6) is 0.751. The van der Waals surface area contributed by atoms with Gasteiger partial charge in [-0.3, -0.25) is 0 Å². The summed E-state index contributed by atoms with van der Waals surface area (Å²) in [6.45, 7) is 0.967. The maximum absolute atomic E-state index is 5.76. The molecule has 0 unspecified atom stereocenters. The van der Waals surface area contributed by atoms with Gasteiger partial charge in [-0.1, -0.05) is 17.7 Å². The molecule has 1 aliphatic carbocycles. The van der Waals surface area contributed by atoms with E-state index in [1.54, 1.807) is 0 Å². The van der Waals surface area contributed by atoms with E-state index in [0.29, 0.717) is 5.15 Å². The highest BCUT2D eigenvalue weighted by Crippen LogP contribution is 2.39. The lowest BCUT2D eigenvalue weighted by atomic mass is 10.2. The standard InChI is InChI=1S/C13H14ClN3/c14-13-4-1-10(7-16-13)5-6-17-9-15-8-12(17)11-2-3-11/h1,4,7-9,11H,2-3,5-6H2. The van der Waals surface area contributed by atoms with Crippen molar-refractivity contribution in [2.24, 2.45) is 0 Å². The second-order valence-corrected chi connectivity index (χ2v) is 4.91. The van der Waals surface area contributed by atoms with E-state index in [1.807, 2.05) is 30.9 Å². The van der Waals surface area contributed by atoms with Crippen molar-refractivity contribution in [3.63, 3.8) is 0 Å². The van der Waals surface area contributed by atoms with Gasteiger partial charge in [-0.15, -0.1) is 0 Å². The lowest BCUT2D eigenvalue weighted by Gasteiger charge is -2.07. The molecule has 2 heterocycles. The fourth-order valence-electron chi connectivity index (χ4n) is 2.04. The largest absolute Gasteiger partial charge is 0.334 e. The predicted molar refractivity (Wildman–Crippen MR) is 67.2 cm³/mol. The number of aryl methyl sites for hydroxylation is 2. The Balaban J connectivity index is 1.67. The van der Waals surface area contributed by atoms with Gasteiger partial charge in [0.05, 0.1) is 6.33 Å². The average molecular weight is 248 g/mol. The first-order valence-corrected chi connectivity index (χ1v) is 6.31. The molecule has 3 nitrogen and oxygen atoms in total. The molecule has 0 spiro atoms. The summed E-state index contributed by atoms with van der Waals surface area (Å²) in [5.41, 5.74) is 2.59. The van der Waals surface area contributed by atoms with Crippen LogP contribution in [0.4, 0.5) is 0 Å². The Morgan fingerprint density at radius 1 is 1.29 bits per heavy atom. The van der Waals surface area contributed by atoms with Crippen molar-refractivity contribution in [2.75, 3.05) is 0 Å². The summed E-state index contributed by atoms with van der Waals surface area (Å²) in [6.07, 6.45) is 9.37. The van der Waals surface area contributed by atoms with Crippen LogP contribution in [0.15, 0.2) is 30.9 Å². The second-order valence-electron chi connectivity index (χ2n) is 4.53. The predicted octanol–water partition coefficient (Wildman–Crippen LogP) is 3.05. The van der Waals surface area contributed by atoms with Crippen LogP contribution in [-0.2, 0) is 13.0 Å². The molecule has 2 aromatic heterocycles. The molecule has 0 radical (unpaired) electrons. The van der Waals surface area contributed by atoms with Crippen LogP contribution in [-0.4, -0.2) is 14.5 Å². The van der Waals surface area contributed by atoms with Gasteiger partial charge in [0.25, 0.3) is 0 Å². The number of aromatic nitrogens is 3. The molecule has 88 valence electrons. The van der Waals surface area contributed by atoms with E-state index in [4.69, 9.17) is 11.6 Å². The number of halogens is 1. The third kappa shape index (κ3) is 2.50. The molecule has 1 aliphatic rings. The number of hydrogen-bond acceptors (Lipinski definition) is 2. The van der Waals surface area contributed by atoms with E-state index in [0.717, 1.165) is 18.9 Å². The Kier molecular flexibility index (Phi) is 2.85. The van der Waals surface area contributed by atoms with Crippen LogP contribution in [0.2, 0.25) is 5.15 Å². The van der Waals surface area contributed by atoms with Crippen LogP contribution in [0.5, 0.6) is 0 Å². The molecule has 0 amide bonds. The Labute approximate surface area is 105 Å². The third-order valence-corrected chi connectivity index (χ3v) is 3.39. The number of hydrogen-bond donors (Lipinski definition) is 0. The van der Waals surface area contributed by atoms with E-state index in [9.17, 15) is 0 Å². The minimum absolute atomic E-state index is 0.551. The molecule has 1 fully saturated rings. The Bertz CT molecular complexity index is 500. The lowest BCUT2D eigenvalue weighted by Crippen LogP contribution is -2.03. The van der Waals surface area contributed by atoms with Crippen LogP contribution < -0.4 is 0 Å². The average Bonchev–Trinajstić information content (AvgIpc) is 3.08. The molecule has 4 heteroatoms. The van der Waals surface area contributed by atoms with Gasteiger partial charge in [-0.2, -0.15) is 0 Å². The van der Waals surface area contributed by atoms with Crippen LogP contribution in [0.3, 0.4) is 0 Å². The Morgan fingerprint density at radius 3 is 2.88 bits per heavy atom. The highest BCUT2D eigenvalue weighted by molar-refractivity contribution is 6.29. The first kappa shape index (κ1) is 10.8. The number of nitrogens with zero attached hydrogens (tertiary/aromatic N) is 3. The third-order valence-electron chi connectivity index (χ3n) is 3.17. The van der Waals surface area contributed by atoms with Gasteiger partial charge >= 0.3 is 0 Å². The van der Waals surface area contributed by atoms with E-state index >= 15 is 0 Å². The van der Waals surface area contributed by atoms with Gasteiger partial charge in [0.2, 0.25) is 0 Å². The van der Waals surface area contributed by atoms with Crippen molar-refractivity contribution < 1.29 is 0 Å². The van der Waals surface area contributed by atoms with Crippen molar-refractivity contribution in [3.05, 3.63) is 47.3 Å². The maximum atomic E-state index is 5.76. The summed E-state index contributed by atoms with van der Waals surface area (Å²) in [4.78, 5) is 8.33. The van der Waals surface area contributed by atoms with Gasteiger partial charge < -0.3 is 4.57 Å². The van der Waals surface area contributed by atoms with Crippen molar-refractivity contribution >= 4 is 11.6 Å². The molecule has 0 N–H and O–H groups in total. The first-order chi connectivity index (χ1) is 8.33. The molecule has 0 aliphatic heterocycles. The molecule has 17 heavy (non-hydrogen) atoms. The second kappa shape index (κ2) is 4.49. The topological polar surface area (TPSA) is 30.7 Å². The Hall–Kier alpha value is -1.35. The number of rotatable bonds is 4. The smallest absolute Gasteiger partial charge is 0.129 e. The molecule has 3 rings (SSSR count). The van der Waals surface area contributed by atoms with E-state index < -0.39 is 0 Å². The zero-order valence-electron chi connectivity index (χ0n) is 9.51. The summed E-state index contributed by atoms with van der Waals surface area (Å²) in [7, 11) is 0. The normalized spacial score (nSPS) is 15.1. The molecule has 0 aromatic carbocycles. The van der Waals surface area contributed by atoms with Crippen LogP contribution in [0.25, 0.3) is 0 Å². The minimum atomic E-state index is 0.551. The highest BCUT2D eigenvalue weighted by Gasteiger charge is 2.26. The summed E-state index contributed by atoms with van der Waals surface area (Å²) in [6, 6.07) is 3.87. The molecule has 0 bridgehead atoms. The summed E-state index contributed by atoms with van der Waals surface area (Å²) >= 11 is 5.76. The highest BCUT2D eigenvalue weighted by atomic mass is 35.5. The van der Waals surface area contributed by atoms with E-state index in [1.165, 1.54) is 24.1 Å². The molecule has 0 saturated heterocycles. The van der Waals surface area contributed by atoms with Crippen LogP contribution in [0, 0.1) is 0 Å². The number of imidazole rings is 1. The van der Waals surface area contributed by atoms with Crippen molar-refractivity contribution in [1.82, 2.24) is 14.5 Å². The summed E-state index contributed by atoms with van der Waals surface area (Å²) in [5, 5.41) is 0.551.